The van der Waals surface area contributed by atoms with Crippen LogP contribution in [0.4, 0.5) is 5.69 Å². The summed E-state index contributed by atoms with van der Waals surface area (Å²) >= 11 is 0. The molecule has 0 aliphatic rings. The first-order valence-electron chi connectivity index (χ1n) is 6.07. The van der Waals surface area contributed by atoms with Crippen molar-refractivity contribution in [3.8, 4) is 6.07 Å². The summed E-state index contributed by atoms with van der Waals surface area (Å²) in [7, 11) is 0. The zero-order chi connectivity index (χ0) is 14.4. The monoisotopic (exact) mass is 264 g/mol. The number of benzene rings is 2. The SMILES string of the molecule is N#CCC(=O)Nc1cccc(C(=O)c2ccccc2)c1. The number of anilines is 1. The van der Waals surface area contributed by atoms with E-state index in [9.17, 15) is 9.59 Å². The van der Waals surface area contributed by atoms with Gasteiger partial charge in [0, 0.05) is 16.8 Å². The Bertz CT molecular complexity index is 672. The lowest BCUT2D eigenvalue weighted by atomic mass is 10.0. The van der Waals surface area contributed by atoms with Gasteiger partial charge in [0.05, 0.1) is 6.07 Å². The van der Waals surface area contributed by atoms with Crippen LogP contribution in [-0.2, 0) is 4.79 Å². The van der Waals surface area contributed by atoms with Crippen LogP contribution in [0.15, 0.2) is 54.6 Å². The molecule has 0 saturated carbocycles. The Hall–Kier alpha value is -2.93. The Balaban J connectivity index is 2.20. The molecule has 0 aromatic heterocycles. The second-order valence-corrected chi connectivity index (χ2v) is 4.16. The number of nitriles is 1. The first-order valence-corrected chi connectivity index (χ1v) is 6.07. The van der Waals surface area contributed by atoms with Gasteiger partial charge in [-0.2, -0.15) is 5.26 Å². The minimum atomic E-state index is -0.392. The van der Waals surface area contributed by atoms with Gasteiger partial charge in [-0.25, -0.2) is 0 Å². The molecule has 0 radical (unpaired) electrons. The summed E-state index contributed by atoms with van der Waals surface area (Å²) in [6.45, 7) is 0. The van der Waals surface area contributed by atoms with Crippen LogP contribution >= 0.6 is 0 Å². The second kappa shape index (κ2) is 6.30. The van der Waals surface area contributed by atoms with Crippen LogP contribution in [0.25, 0.3) is 0 Å². The van der Waals surface area contributed by atoms with Gasteiger partial charge in [-0.05, 0) is 12.1 Å². The van der Waals surface area contributed by atoms with Crippen LogP contribution in [0, 0.1) is 11.3 Å². The van der Waals surface area contributed by atoms with Crippen molar-refractivity contribution < 1.29 is 9.59 Å². The highest BCUT2D eigenvalue weighted by Gasteiger charge is 2.09. The Morgan fingerprint density at radius 2 is 1.70 bits per heavy atom. The summed E-state index contributed by atoms with van der Waals surface area (Å²) in [6.07, 6.45) is -0.211. The lowest BCUT2D eigenvalue weighted by Gasteiger charge is -2.05. The quantitative estimate of drug-likeness (QED) is 0.863. The van der Waals surface area contributed by atoms with Crippen LogP contribution in [0.1, 0.15) is 22.3 Å². The van der Waals surface area contributed by atoms with E-state index in [0.29, 0.717) is 16.8 Å². The summed E-state index contributed by atoms with van der Waals surface area (Å²) in [5.41, 5.74) is 1.59. The molecule has 4 nitrogen and oxygen atoms in total. The van der Waals surface area contributed by atoms with Crippen molar-refractivity contribution in [1.29, 1.82) is 5.26 Å². The van der Waals surface area contributed by atoms with Crippen LogP contribution in [0.3, 0.4) is 0 Å². The molecule has 2 aromatic rings. The van der Waals surface area contributed by atoms with Crippen LogP contribution in [-0.4, -0.2) is 11.7 Å². The van der Waals surface area contributed by atoms with Crippen LogP contribution in [0.2, 0.25) is 0 Å². The van der Waals surface area contributed by atoms with Crippen LogP contribution < -0.4 is 5.32 Å². The number of ketones is 1. The molecular weight excluding hydrogens is 252 g/mol. The first kappa shape index (κ1) is 13.5. The van der Waals surface area contributed by atoms with Gasteiger partial charge < -0.3 is 5.32 Å². The van der Waals surface area contributed by atoms with E-state index >= 15 is 0 Å². The molecule has 4 heteroatoms. The van der Waals surface area contributed by atoms with Crippen molar-refractivity contribution in [3.63, 3.8) is 0 Å². The van der Waals surface area contributed by atoms with Gasteiger partial charge in [-0.3, -0.25) is 9.59 Å². The molecule has 0 saturated heterocycles. The molecule has 0 spiro atoms. The molecule has 2 rings (SSSR count). The zero-order valence-corrected chi connectivity index (χ0v) is 10.7. The number of nitrogens with one attached hydrogen (secondary N) is 1. The number of hydrogen-bond donors (Lipinski definition) is 1. The molecular formula is C16H12N2O2. The molecule has 1 amide bonds. The predicted octanol–water partition coefficient (Wildman–Crippen LogP) is 2.77. The van der Waals surface area contributed by atoms with E-state index in [1.165, 1.54) is 0 Å². The van der Waals surface area contributed by atoms with Crippen molar-refractivity contribution in [1.82, 2.24) is 0 Å². The standard InChI is InChI=1S/C16H12N2O2/c17-10-9-15(19)18-14-8-4-7-13(11-14)16(20)12-5-2-1-3-6-12/h1-8,11H,9H2,(H,18,19). The molecule has 0 heterocycles. The predicted molar refractivity (Wildman–Crippen MR) is 75.2 cm³/mol. The molecule has 2 aromatic carbocycles. The Morgan fingerprint density at radius 1 is 1.00 bits per heavy atom. The molecule has 0 aliphatic heterocycles. The maximum atomic E-state index is 12.2. The summed E-state index contributed by atoms with van der Waals surface area (Å²) in [5.74, 6) is -0.501. The number of carbonyl (C=O) groups excluding carboxylic acids is 2. The molecule has 0 unspecified atom stereocenters. The largest absolute Gasteiger partial charge is 0.325 e. The van der Waals surface area contributed by atoms with Gasteiger partial charge in [0.15, 0.2) is 5.78 Å². The van der Waals surface area contributed by atoms with Gasteiger partial charge in [-0.15, -0.1) is 0 Å². The average molecular weight is 264 g/mol. The van der Waals surface area contributed by atoms with Crippen molar-refractivity contribution in [2.75, 3.05) is 5.32 Å². The average Bonchev–Trinajstić information content (AvgIpc) is 2.48. The van der Waals surface area contributed by atoms with Crippen molar-refractivity contribution in [2.45, 2.75) is 6.42 Å². The van der Waals surface area contributed by atoms with E-state index in [-0.39, 0.29) is 12.2 Å². The third-order valence-corrected chi connectivity index (χ3v) is 2.68. The maximum Gasteiger partial charge on any atom is 0.238 e. The number of carbonyl (C=O) groups is 2. The molecule has 98 valence electrons. The molecule has 0 bridgehead atoms. The molecule has 0 atom stereocenters. The lowest BCUT2D eigenvalue weighted by Crippen LogP contribution is -2.11. The summed E-state index contributed by atoms with van der Waals surface area (Å²) in [5, 5.41) is 11.0. The Labute approximate surface area is 116 Å². The summed E-state index contributed by atoms with van der Waals surface area (Å²) in [6, 6.07) is 17.3. The normalized spacial score (nSPS) is 9.55. The van der Waals surface area contributed by atoms with Crippen molar-refractivity contribution >= 4 is 17.4 Å². The minimum Gasteiger partial charge on any atom is -0.325 e. The number of hydrogen-bond acceptors (Lipinski definition) is 3. The molecule has 20 heavy (non-hydrogen) atoms. The highest BCUT2D eigenvalue weighted by atomic mass is 16.1. The van der Waals surface area contributed by atoms with E-state index in [0.717, 1.165) is 0 Å². The highest BCUT2D eigenvalue weighted by molar-refractivity contribution is 6.09. The summed E-state index contributed by atoms with van der Waals surface area (Å²) < 4.78 is 0. The van der Waals surface area contributed by atoms with E-state index in [1.807, 2.05) is 6.07 Å². The molecule has 0 aliphatic carbocycles. The second-order valence-electron chi connectivity index (χ2n) is 4.16. The van der Waals surface area contributed by atoms with Crippen molar-refractivity contribution in [2.24, 2.45) is 0 Å². The first-order chi connectivity index (χ1) is 9.70. The number of amides is 1. The number of nitrogens with zero attached hydrogens (tertiary/aromatic N) is 1. The van der Waals surface area contributed by atoms with Gasteiger partial charge in [0.25, 0.3) is 0 Å². The smallest absolute Gasteiger partial charge is 0.238 e. The maximum absolute atomic E-state index is 12.2. The minimum absolute atomic E-state index is 0.109. The van der Waals surface area contributed by atoms with E-state index in [1.54, 1.807) is 54.6 Å². The van der Waals surface area contributed by atoms with Gasteiger partial charge in [0.2, 0.25) is 5.91 Å². The van der Waals surface area contributed by atoms with E-state index < -0.39 is 5.91 Å². The fraction of sp³-hybridized carbons (Fsp3) is 0.0625. The van der Waals surface area contributed by atoms with Crippen LogP contribution in [0.5, 0.6) is 0 Å². The topological polar surface area (TPSA) is 70.0 Å². The fourth-order valence-corrected chi connectivity index (χ4v) is 1.77. The van der Waals surface area contributed by atoms with E-state index in [4.69, 9.17) is 5.26 Å². The highest BCUT2D eigenvalue weighted by Crippen LogP contribution is 2.15. The van der Waals surface area contributed by atoms with Gasteiger partial charge in [0.1, 0.15) is 6.42 Å². The van der Waals surface area contributed by atoms with Gasteiger partial charge >= 0.3 is 0 Å². The van der Waals surface area contributed by atoms with Crippen molar-refractivity contribution in [3.05, 3.63) is 65.7 Å². The molecule has 1 N–H and O–H groups in total. The summed E-state index contributed by atoms with van der Waals surface area (Å²) in [4.78, 5) is 23.6. The number of rotatable bonds is 4. The Kier molecular flexibility index (Phi) is 4.25. The van der Waals surface area contributed by atoms with E-state index in [2.05, 4.69) is 5.32 Å². The molecule has 0 fully saturated rings. The zero-order valence-electron chi connectivity index (χ0n) is 10.7. The third-order valence-electron chi connectivity index (χ3n) is 2.68. The fourth-order valence-electron chi connectivity index (χ4n) is 1.77. The van der Waals surface area contributed by atoms with Gasteiger partial charge in [-0.1, -0.05) is 42.5 Å². The Morgan fingerprint density at radius 3 is 2.40 bits per heavy atom. The lowest BCUT2D eigenvalue weighted by molar-refractivity contribution is -0.115. The third kappa shape index (κ3) is 3.30.